The zero-order chi connectivity index (χ0) is 56.0. The van der Waals surface area contributed by atoms with Gasteiger partial charge in [0.15, 0.2) is 0 Å². The van der Waals surface area contributed by atoms with Crippen LogP contribution in [0.4, 0.5) is 0 Å². The van der Waals surface area contributed by atoms with Gasteiger partial charge in [0.2, 0.25) is 35.4 Å². The van der Waals surface area contributed by atoms with Crippen LogP contribution in [0.3, 0.4) is 0 Å². The fraction of sp³-hybridized carbons (Fsp3) is 0.431. The number of rotatable bonds is 15. The van der Waals surface area contributed by atoms with Crippen molar-refractivity contribution in [3.05, 3.63) is 136 Å². The zero-order valence-corrected chi connectivity index (χ0v) is 47.0. The van der Waals surface area contributed by atoms with Gasteiger partial charge >= 0.3 is 0 Å². The van der Waals surface area contributed by atoms with Crippen LogP contribution in [0, 0.1) is 5.92 Å². The number of likely N-dealkylation sites (N-methyl/N-ethyl adjacent to an activating group) is 2. The third-order valence-corrected chi connectivity index (χ3v) is 14.9. The number of hydrogen-bond donors (Lipinski definition) is 2. The van der Waals surface area contributed by atoms with Crippen LogP contribution < -0.4 is 15.4 Å². The Hall–Kier alpha value is -6.83. The molecule has 2 aliphatic heterocycles. The number of methoxy groups -OCH3 is 1. The van der Waals surface area contributed by atoms with Gasteiger partial charge in [0.1, 0.15) is 29.4 Å². The van der Waals surface area contributed by atoms with E-state index in [1.165, 1.54) is 21.8 Å². The van der Waals surface area contributed by atoms with Crippen molar-refractivity contribution in [2.24, 2.45) is 13.0 Å². The Labute approximate surface area is 466 Å². The van der Waals surface area contributed by atoms with Crippen molar-refractivity contribution < 1.29 is 43.0 Å². The minimum atomic E-state index is -1.55. The fourth-order valence-corrected chi connectivity index (χ4v) is 9.95. The minimum absolute atomic E-state index is 0.0711. The number of ether oxygens (including phenoxy) is 3. The molecule has 6 amide bonds. The number of carbonyl (C=O) groups is 6. The van der Waals surface area contributed by atoms with E-state index in [1.807, 2.05) is 104 Å². The van der Waals surface area contributed by atoms with E-state index in [2.05, 4.69) is 15.6 Å². The van der Waals surface area contributed by atoms with Crippen molar-refractivity contribution in [3.8, 4) is 22.8 Å². The van der Waals surface area contributed by atoms with Crippen molar-refractivity contribution in [2.45, 2.75) is 76.3 Å². The van der Waals surface area contributed by atoms with Crippen molar-refractivity contribution >= 4 is 58.6 Å². The second-order valence-corrected chi connectivity index (χ2v) is 21.2. The van der Waals surface area contributed by atoms with Crippen LogP contribution in [0.1, 0.15) is 48.7 Å². The van der Waals surface area contributed by atoms with E-state index in [9.17, 15) is 19.2 Å². The summed E-state index contributed by atoms with van der Waals surface area (Å²) in [5.74, 6) is -2.56. The molecule has 0 bridgehead atoms. The van der Waals surface area contributed by atoms with Crippen LogP contribution in [0.25, 0.3) is 11.3 Å². The summed E-state index contributed by atoms with van der Waals surface area (Å²) in [5, 5.41) is 6.68. The van der Waals surface area contributed by atoms with Gasteiger partial charge in [-0.25, -0.2) is 4.98 Å². The largest absolute Gasteiger partial charge is 0.457 e. The highest BCUT2D eigenvalue weighted by Crippen LogP contribution is 2.33. The number of amides is 6. The molecule has 0 radical (unpaired) electrons. The molecule has 20 heteroatoms. The van der Waals surface area contributed by atoms with Crippen LogP contribution in [0.15, 0.2) is 103 Å². The Balaban J connectivity index is 1.32. The maximum absolute atomic E-state index is 15.6. The van der Waals surface area contributed by atoms with Crippen LogP contribution in [-0.4, -0.2) is 168 Å². The number of nitrogens with zero attached hydrogens (tertiary/aromatic N) is 7. The molecule has 0 spiro atoms. The predicted molar refractivity (Wildman–Crippen MR) is 298 cm³/mol. The number of imidazole rings is 1. The first-order chi connectivity index (χ1) is 37.4. The smallest absolute Gasteiger partial charge is 0.247 e. The van der Waals surface area contributed by atoms with Crippen molar-refractivity contribution in [1.29, 1.82) is 0 Å². The van der Waals surface area contributed by atoms with E-state index in [4.69, 9.17) is 37.4 Å². The number of morpholine rings is 1. The van der Waals surface area contributed by atoms with Crippen molar-refractivity contribution in [2.75, 3.05) is 74.8 Å². The molecular formula is C58H71Cl2N9O9. The lowest BCUT2D eigenvalue weighted by Gasteiger charge is -2.37. The molecule has 5 aromatic rings. The summed E-state index contributed by atoms with van der Waals surface area (Å²) in [4.78, 5) is 102. The Morgan fingerprint density at radius 3 is 2.18 bits per heavy atom. The molecule has 2 N–H and O–H groups in total. The standard InChI is InChI=1S/C58H71Cl2N9O9/c1-38-33-62-53(70)31-46(28-40-13-18-44(59)19-14-40)66(5)58(75)48(37-76-7)63-56(73)49(32-54(71)68-23-25-77-26-24-68)69(55(72)29-43(57(74)65(38)4)27-39-11-9-8-10-12-39)35-42-15-20-45(60)30-51(42)78-47-21-16-41(17-22-47)50-34-61-52(67(50)6)36-64(2)3/h8-22,30,34,38,43,46,48-49H,23-29,31-33,35-37H2,1-7H3,(H,62,70)(H,63,73)/t38-,43+,46-,48-,49-/m0/s1. The summed E-state index contributed by atoms with van der Waals surface area (Å²) >= 11 is 12.9. The molecule has 78 heavy (non-hydrogen) atoms. The lowest BCUT2D eigenvalue weighted by Crippen LogP contribution is -2.59. The number of aromatic nitrogens is 2. The minimum Gasteiger partial charge on any atom is -0.457 e. The van der Waals surface area contributed by atoms with Gasteiger partial charge in [-0.3, -0.25) is 28.8 Å². The summed E-state index contributed by atoms with van der Waals surface area (Å²) in [6, 6.07) is 24.6. The van der Waals surface area contributed by atoms with Crippen molar-refractivity contribution in [1.82, 2.24) is 44.7 Å². The molecule has 7 rings (SSSR count). The van der Waals surface area contributed by atoms with E-state index in [0.717, 1.165) is 28.2 Å². The van der Waals surface area contributed by atoms with Gasteiger partial charge in [-0.2, -0.15) is 0 Å². The van der Waals surface area contributed by atoms with Crippen molar-refractivity contribution in [3.63, 3.8) is 0 Å². The molecule has 4 aromatic carbocycles. The van der Waals surface area contributed by atoms with Crippen LogP contribution in [-0.2, 0) is 71.2 Å². The maximum Gasteiger partial charge on any atom is 0.247 e. The van der Waals surface area contributed by atoms with Crippen LogP contribution >= 0.6 is 23.2 Å². The van der Waals surface area contributed by atoms with Gasteiger partial charge in [-0.1, -0.05) is 71.7 Å². The Kier molecular flexibility index (Phi) is 20.9. The topological polar surface area (TPSA) is 188 Å². The SMILES string of the molecule is COC[C@@H]1NC(=O)[C@H](CC(=O)N2CCOCC2)N(Cc2ccc(Cl)cc2Oc2ccc(-c3cnc(CN(C)C)n3C)cc2)C(=O)C[C@@H](Cc2ccccc2)C(=O)N(C)[C@@H](C)CNC(=O)C[C@H](Cc2ccc(Cl)cc2)N(C)C1=O. The molecule has 0 saturated carbocycles. The van der Waals surface area contributed by atoms with E-state index in [0.29, 0.717) is 27.9 Å². The maximum atomic E-state index is 15.6. The molecule has 5 atom stereocenters. The molecule has 0 aliphatic carbocycles. The van der Waals surface area contributed by atoms with E-state index in [-0.39, 0.29) is 82.8 Å². The van der Waals surface area contributed by atoms with E-state index in [1.54, 1.807) is 56.3 Å². The molecular weight excluding hydrogens is 1040 g/mol. The molecule has 2 fully saturated rings. The molecule has 3 heterocycles. The third kappa shape index (κ3) is 15.7. The lowest BCUT2D eigenvalue weighted by atomic mass is 9.93. The summed E-state index contributed by atoms with van der Waals surface area (Å²) in [5.41, 5.74) is 3.82. The Morgan fingerprint density at radius 1 is 0.821 bits per heavy atom. The quantitative estimate of drug-likeness (QED) is 0.125. The second-order valence-electron chi connectivity index (χ2n) is 20.3. The monoisotopic (exact) mass is 1110 g/mol. The van der Waals surface area contributed by atoms with Crippen LogP contribution in [0.5, 0.6) is 11.5 Å². The number of nitrogens with one attached hydrogen (secondary N) is 2. The fourth-order valence-electron chi connectivity index (χ4n) is 9.66. The van der Waals surface area contributed by atoms with Gasteiger partial charge in [0.25, 0.3) is 0 Å². The third-order valence-electron chi connectivity index (χ3n) is 14.4. The lowest BCUT2D eigenvalue weighted by molar-refractivity contribution is -0.150. The van der Waals surface area contributed by atoms with E-state index >= 15 is 9.59 Å². The van der Waals surface area contributed by atoms with Gasteiger partial charge in [-0.05, 0) is 93.5 Å². The Bertz CT molecular complexity index is 2860. The molecule has 1 aromatic heterocycles. The first kappa shape index (κ1) is 58.8. The number of benzene rings is 4. The molecule has 18 nitrogen and oxygen atoms in total. The molecule has 416 valence electrons. The van der Waals surface area contributed by atoms with Gasteiger partial charge in [0.05, 0.1) is 57.1 Å². The summed E-state index contributed by atoms with van der Waals surface area (Å²) in [6.45, 7) is 3.00. The highest BCUT2D eigenvalue weighted by atomic mass is 35.5. The number of carbonyl (C=O) groups excluding carboxylic acids is 6. The summed E-state index contributed by atoms with van der Waals surface area (Å²) < 4.78 is 19.7. The van der Waals surface area contributed by atoms with E-state index < -0.39 is 66.6 Å². The highest BCUT2D eigenvalue weighted by molar-refractivity contribution is 6.31. The van der Waals surface area contributed by atoms with Gasteiger partial charge < -0.3 is 53.9 Å². The van der Waals surface area contributed by atoms with Gasteiger partial charge in [-0.15, -0.1) is 0 Å². The second kappa shape index (κ2) is 27.7. The molecule has 0 unspecified atom stereocenters. The average molecular weight is 1110 g/mol. The molecule has 2 aliphatic rings. The highest BCUT2D eigenvalue weighted by Gasteiger charge is 2.40. The summed E-state index contributed by atoms with van der Waals surface area (Å²) in [6.07, 6.45) is 1.20. The predicted octanol–water partition coefficient (Wildman–Crippen LogP) is 6.01. The first-order valence-electron chi connectivity index (χ1n) is 26.1. The molecule has 2 saturated heterocycles. The zero-order valence-electron chi connectivity index (χ0n) is 45.5. The average Bonchev–Trinajstić information content (AvgIpc) is 3.79. The normalized spacial score (nSPS) is 20.6. The van der Waals surface area contributed by atoms with Gasteiger partial charge in [0, 0.05) is 94.0 Å². The number of halogens is 2. The number of hydrogen-bond acceptors (Lipinski definition) is 11. The first-order valence-corrected chi connectivity index (χ1v) is 26.9. The summed E-state index contributed by atoms with van der Waals surface area (Å²) in [7, 11) is 10.5. The Morgan fingerprint density at radius 2 is 1.50 bits per heavy atom. The van der Waals surface area contributed by atoms with Crippen LogP contribution in [0.2, 0.25) is 10.0 Å².